The lowest BCUT2D eigenvalue weighted by atomic mass is 9.83. The SMILES string of the molecule is O=C(NC1CCCC1)N1CCC(NCc2ccccc2)C2(CC(C(=O)N3CCCC3)=NO2)C1. The number of carbonyl (C=O) groups is 2. The Hall–Kier alpha value is -2.61. The maximum atomic E-state index is 13.0. The fraction of sp³-hybridized carbons (Fsp3) is 0.640. The molecule has 8 heteroatoms. The molecule has 3 heterocycles. The van der Waals surface area contributed by atoms with Crippen LogP contribution in [-0.2, 0) is 16.2 Å². The van der Waals surface area contributed by atoms with Gasteiger partial charge in [0, 0.05) is 38.6 Å². The van der Waals surface area contributed by atoms with Gasteiger partial charge in [0.15, 0.2) is 5.60 Å². The molecule has 1 aliphatic carbocycles. The van der Waals surface area contributed by atoms with Crippen LogP contribution in [0, 0.1) is 0 Å². The van der Waals surface area contributed by atoms with Gasteiger partial charge in [-0.05, 0) is 37.7 Å². The van der Waals surface area contributed by atoms with Gasteiger partial charge in [0.2, 0.25) is 0 Å². The second-order valence-corrected chi connectivity index (χ2v) is 9.93. The number of piperidine rings is 1. The lowest BCUT2D eigenvalue weighted by Crippen LogP contribution is -2.64. The summed E-state index contributed by atoms with van der Waals surface area (Å²) in [4.78, 5) is 35.9. The summed E-state index contributed by atoms with van der Waals surface area (Å²) >= 11 is 0. The molecule has 2 atom stereocenters. The highest BCUT2D eigenvalue weighted by Crippen LogP contribution is 2.35. The summed E-state index contributed by atoms with van der Waals surface area (Å²) in [6, 6.07) is 10.5. The van der Waals surface area contributed by atoms with Gasteiger partial charge in [-0.3, -0.25) is 4.79 Å². The molecule has 3 aliphatic heterocycles. The Labute approximate surface area is 195 Å². The molecule has 3 amide bonds. The molecule has 8 nitrogen and oxygen atoms in total. The third kappa shape index (κ3) is 4.86. The fourth-order valence-corrected chi connectivity index (χ4v) is 5.68. The predicted molar refractivity (Wildman–Crippen MR) is 126 cm³/mol. The summed E-state index contributed by atoms with van der Waals surface area (Å²) in [5, 5.41) is 11.1. The van der Waals surface area contributed by atoms with Crippen molar-refractivity contribution < 1.29 is 14.4 Å². The van der Waals surface area contributed by atoms with Crippen LogP contribution in [0.5, 0.6) is 0 Å². The Morgan fingerprint density at radius 1 is 1.00 bits per heavy atom. The summed E-state index contributed by atoms with van der Waals surface area (Å²) in [7, 11) is 0. The van der Waals surface area contributed by atoms with Gasteiger partial charge in [-0.25, -0.2) is 4.79 Å². The normalized spacial score (nSPS) is 27.6. The minimum Gasteiger partial charge on any atom is -0.385 e. The number of nitrogens with zero attached hydrogens (tertiary/aromatic N) is 3. The molecule has 178 valence electrons. The van der Waals surface area contributed by atoms with Gasteiger partial charge in [-0.1, -0.05) is 48.3 Å². The number of likely N-dealkylation sites (tertiary alicyclic amines) is 2. The molecule has 2 N–H and O–H groups in total. The first-order chi connectivity index (χ1) is 16.1. The third-order valence-corrected chi connectivity index (χ3v) is 7.59. The number of amides is 3. The number of hydrogen-bond acceptors (Lipinski definition) is 5. The number of nitrogens with one attached hydrogen (secondary N) is 2. The highest BCUT2D eigenvalue weighted by Gasteiger charge is 2.52. The van der Waals surface area contributed by atoms with Crippen molar-refractivity contribution in [2.45, 2.75) is 75.6 Å². The maximum absolute atomic E-state index is 13.0. The zero-order valence-electron chi connectivity index (χ0n) is 19.3. The van der Waals surface area contributed by atoms with Gasteiger partial charge >= 0.3 is 6.03 Å². The van der Waals surface area contributed by atoms with Crippen LogP contribution in [0.15, 0.2) is 35.5 Å². The van der Waals surface area contributed by atoms with E-state index in [0.717, 1.165) is 45.2 Å². The summed E-state index contributed by atoms with van der Waals surface area (Å²) in [5.74, 6) is -0.0151. The highest BCUT2D eigenvalue weighted by molar-refractivity contribution is 6.39. The molecular weight excluding hydrogens is 418 g/mol. The van der Waals surface area contributed by atoms with Gasteiger partial charge in [-0.15, -0.1) is 0 Å². The Balaban J connectivity index is 1.29. The first kappa shape index (κ1) is 22.2. The van der Waals surface area contributed by atoms with Gasteiger partial charge in [0.05, 0.1) is 12.6 Å². The third-order valence-electron chi connectivity index (χ3n) is 7.59. The smallest absolute Gasteiger partial charge is 0.317 e. The van der Waals surface area contributed by atoms with E-state index in [1.54, 1.807) is 0 Å². The van der Waals surface area contributed by atoms with E-state index < -0.39 is 5.60 Å². The van der Waals surface area contributed by atoms with Crippen molar-refractivity contribution in [3.05, 3.63) is 35.9 Å². The maximum Gasteiger partial charge on any atom is 0.317 e. The van der Waals surface area contributed by atoms with Crippen molar-refractivity contribution in [1.29, 1.82) is 0 Å². The number of rotatable bonds is 5. The van der Waals surface area contributed by atoms with E-state index >= 15 is 0 Å². The van der Waals surface area contributed by atoms with Crippen LogP contribution >= 0.6 is 0 Å². The van der Waals surface area contributed by atoms with Crippen molar-refractivity contribution in [3.63, 3.8) is 0 Å². The minimum atomic E-state index is -0.717. The van der Waals surface area contributed by atoms with Crippen molar-refractivity contribution in [2.24, 2.45) is 5.16 Å². The first-order valence-corrected chi connectivity index (χ1v) is 12.5. The van der Waals surface area contributed by atoms with Crippen LogP contribution in [0.25, 0.3) is 0 Å². The van der Waals surface area contributed by atoms with Crippen molar-refractivity contribution >= 4 is 17.6 Å². The quantitative estimate of drug-likeness (QED) is 0.718. The molecule has 2 saturated heterocycles. The largest absolute Gasteiger partial charge is 0.385 e. The summed E-state index contributed by atoms with van der Waals surface area (Å²) in [5.41, 5.74) is 0.966. The molecule has 0 bridgehead atoms. The lowest BCUT2D eigenvalue weighted by molar-refractivity contribution is -0.123. The van der Waals surface area contributed by atoms with Gasteiger partial charge in [0.25, 0.3) is 5.91 Å². The van der Waals surface area contributed by atoms with E-state index in [2.05, 4.69) is 27.9 Å². The average molecular weight is 454 g/mol. The summed E-state index contributed by atoms with van der Waals surface area (Å²) in [6.45, 7) is 3.37. The topological polar surface area (TPSA) is 86.3 Å². The van der Waals surface area contributed by atoms with Crippen LogP contribution < -0.4 is 10.6 Å². The Morgan fingerprint density at radius 3 is 2.52 bits per heavy atom. The van der Waals surface area contributed by atoms with Crippen LogP contribution in [-0.4, -0.2) is 71.3 Å². The van der Waals surface area contributed by atoms with Gasteiger partial charge in [0.1, 0.15) is 5.71 Å². The van der Waals surface area contributed by atoms with Crippen LogP contribution in [0.4, 0.5) is 4.79 Å². The van der Waals surface area contributed by atoms with E-state index in [1.807, 2.05) is 28.0 Å². The standard InChI is InChI=1S/C25H35N5O3/c31-23(29-13-6-7-14-29)21-16-25(33-28-21)18-30(24(32)27-20-10-4-5-11-20)15-12-22(25)26-17-19-8-2-1-3-9-19/h1-3,8-9,20,22,26H,4-7,10-18H2,(H,27,32). The molecule has 3 fully saturated rings. The molecule has 0 radical (unpaired) electrons. The average Bonchev–Trinajstić information content (AvgIpc) is 3.61. The fourth-order valence-electron chi connectivity index (χ4n) is 5.68. The van der Waals surface area contributed by atoms with Crippen molar-refractivity contribution in [3.8, 4) is 0 Å². The van der Waals surface area contributed by atoms with Crippen molar-refractivity contribution in [1.82, 2.24) is 20.4 Å². The summed E-state index contributed by atoms with van der Waals surface area (Å²) in [6.07, 6.45) is 7.75. The Morgan fingerprint density at radius 2 is 1.76 bits per heavy atom. The lowest BCUT2D eigenvalue weighted by Gasteiger charge is -2.44. The number of benzene rings is 1. The van der Waals surface area contributed by atoms with E-state index in [1.165, 1.54) is 18.4 Å². The molecule has 2 unspecified atom stereocenters. The number of urea groups is 1. The van der Waals surface area contributed by atoms with Gasteiger partial charge < -0.3 is 25.3 Å². The molecular formula is C25H35N5O3. The van der Waals surface area contributed by atoms with Crippen molar-refractivity contribution in [2.75, 3.05) is 26.2 Å². The van der Waals surface area contributed by atoms with Gasteiger partial charge in [-0.2, -0.15) is 0 Å². The highest BCUT2D eigenvalue weighted by atomic mass is 16.7. The molecule has 1 aromatic rings. The van der Waals surface area contributed by atoms with E-state index in [4.69, 9.17) is 4.84 Å². The zero-order chi connectivity index (χ0) is 22.7. The molecule has 1 aromatic carbocycles. The molecule has 1 saturated carbocycles. The Bertz CT molecular complexity index is 879. The molecule has 33 heavy (non-hydrogen) atoms. The Kier molecular flexibility index (Phi) is 6.53. The molecule has 5 rings (SSSR count). The second kappa shape index (κ2) is 9.71. The molecule has 1 spiro atoms. The number of carbonyl (C=O) groups excluding carboxylic acids is 2. The predicted octanol–water partition coefficient (Wildman–Crippen LogP) is 2.64. The second-order valence-electron chi connectivity index (χ2n) is 9.93. The van der Waals surface area contributed by atoms with Crippen LogP contribution in [0.3, 0.4) is 0 Å². The van der Waals surface area contributed by atoms with E-state index in [9.17, 15) is 9.59 Å². The van der Waals surface area contributed by atoms with Crippen LogP contribution in [0.2, 0.25) is 0 Å². The summed E-state index contributed by atoms with van der Waals surface area (Å²) < 4.78 is 0. The van der Waals surface area contributed by atoms with E-state index in [-0.39, 0.29) is 24.0 Å². The number of oxime groups is 1. The zero-order valence-corrected chi connectivity index (χ0v) is 19.3. The molecule has 4 aliphatic rings. The van der Waals surface area contributed by atoms with Crippen LogP contribution in [0.1, 0.15) is 56.9 Å². The first-order valence-electron chi connectivity index (χ1n) is 12.5. The van der Waals surface area contributed by atoms with E-state index in [0.29, 0.717) is 31.8 Å². The minimum absolute atomic E-state index is 0.000801. The number of hydrogen-bond donors (Lipinski definition) is 2. The molecule has 0 aromatic heterocycles. The monoisotopic (exact) mass is 453 g/mol.